The molecular formula is C14H9N3O4. The monoisotopic (exact) mass is 283 g/mol. The highest BCUT2D eigenvalue weighted by Gasteiger charge is 2.14. The van der Waals surface area contributed by atoms with E-state index in [0.717, 1.165) is 0 Å². The normalized spacial score (nSPS) is 10.5. The van der Waals surface area contributed by atoms with Crippen LogP contribution in [0.15, 0.2) is 53.2 Å². The molecule has 0 N–H and O–H groups in total. The number of carbonyl (C=O) groups excluding carboxylic acids is 1. The lowest BCUT2D eigenvalue weighted by Crippen LogP contribution is -1.96. The second kappa shape index (κ2) is 5.04. The van der Waals surface area contributed by atoms with Gasteiger partial charge in [0.15, 0.2) is 12.0 Å². The number of aldehydes is 1. The maximum atomic E-state index is 10.7. The molecule has 0 atom stereocenters. The Balaban J connectivity index is 2.10. The van der Waals surface area contributed by atoms with E-state index in [-0.39, 0.29) is 11.4 Å². The Labute approximate surface area is 118 Å². The summed E-state index contributed by atoms with van der Waals surface area (Å²) in [7, 11) is 0. The molecule has 2 heterocycles. The van der Waals surface area contributed by atoms with Crippen molar-refractivity contribution in [3.05, 3.63) is 64.7 Å². The molecule has 0 amide bonds. The van der Waals surface area contributed by atoms with Crippen LogP contribution in [-0.2, 0) is 0 Å². The van der Waals surface area contributed by atoms with E-state index in [2.05, 4.69) is 5.10 Å². The molecule has 1 aromatic carbocycles. The van der Waals surface area contributed by atoms with Gasteiger partial charge >= 0.3 is 5.69 Å². The number of rotatable bonds is 4. The van der Waals surface area contributed by atoms with Gasteiger partial charge in [0, 0.05) is 5.56 Å². The molecule has 0 radical (unpaired) electrons. The number of benzene rings is 1. The van der Waals surface area contributed by atoms with Crippen molar-refractivity contribution in [1.82, 2.24) is 9.78 Å². The van der Waals surface area contributed by atoms with Crippen LogP contribution in [0.25, 0.3) is 17.0 Å². The van der Waals surface area contributed by atoms with E-state index >= 15 is 0 Å². The molecule has 0 aliphatic carbocycles. The van der Waals surface area contributed by atoms with Crippen molar-refractivity contribution >= 4 is 12.0 Å². The lowest BCUT2D eigenvalue weighted by molar-refractivity contribution is -0.384. The summed E-state index contributed by atoms with van der Waals surface area (Å²) in [6, 6.07) is 10.4. The van der Waals surface area contributed by atoms with Crippen LogP contribution in [0.1, 0.15) is 10.6 Å². The van der Waals surface area contributed by atoms with E-state index < -0.39 is 4.92 Å². The lowest BCUT2D eigenvalue weighted by atomic mass is 10.1. The molecule has 0 saturated carbocycles. The molecule has 3 rings (SSSR count). The number of furan rings is 1. The largest absolute Gasteiger partial charge is 0.453 e. The minimum Gasteiger partial charge on any atom is -0.453 e. The molecule has 0 aliphatic rings. The van der Waals surface area contributed by atoms with Gasteiger partial charge in [0.1, 0.15) is 18.2 Å². The van der Waals surface area contributed by atoms with Gasteiger partial charge in [0.05, 0.1) is 10.6 Å². The zero-order valence-electron chi connectivity index (χ0n) is 10.7. The van der Waals surface area contributed by atoms with Crippen LogP contribution in [0.3, 0.4) is 0 Å². The predicted molar refractivity (Wildman–Crippen MR) is 73.3 cm³/mol. The molecule has 0 saturated heterocycles. The summed E-state index contributed by atoms with van der Waals surface area (Å²) in [4.78, 5) is 20.9. The average Bonchev–Trinajstić information content (AvgIpc) is 3.16. The topological polar surface area (TPSA) is 91.2 Å². The van der Waals surface area contributed by atoms with E-state index in [1.54, 1.807) is 36.4 Å². The van der Waals surface area contributed by atoms with Gasteiger partial charge in [-0.05, 0) is 24.3 Å². The minimum absolute atomic E-state index is 0.0992. The van der Waals surface area contributed by atoms with Gasteiger partial charge in [-0.15, -0.1) is 0 Å². The smallest absolute Gasteiger partial charge is 0.307 e. The number of para-hydroxylation sites is 1. The molecule has 0 spiro atoms. The van der Waals surface area contributed by atoms with Gasteiger partial charge in [-0.1, -0.05) is 12.1 Å². The molecule has 3 aromatic rings. The maximum Gasteiger partial charge on any atom is 0.307 e. The van der Waals surface area contributed by atoms with E-state index in [0.29, 0.717) is 23.3 Å². The fourth-order valence-corrected chi connectivity index (χ4v) is 1.98. The number of hydrogen-bond acceptors (Lipinski definition) is 5. The minimum atomic E-state index is -0.510. The van der Waals surface area contributed by atoms with Gasteiger partial charge in [0.25, 0.3) is 0 Å². The summed E-state index contributed by atoms with van der Waals surface area (Å²) in [5, 5.41) is 14.7. The molecule has 7 nitrogen and oxygen atoms in total. The summed E-state index contributed by atoms with van der Waals surface area (Å²) in [5.41, 5.74) is 1.21. The van der Waals surface area contributed by atoms with E-state index in [4.69, 9.17) is 4.42 Å². The van der Waals surface area contributed by atoms with Gasteiger partial charge in [-0.3, -0.25) is 14.9 Å². The quantitative estimate of drug-likeness (QED) is 0.417. The van der Waals surface area contributed by atoms with Crippen LogP contribution in [-0.4, -0.2) is 21.0 Å². The van der Waals surface area contributed by atoms with Crippen LogP contribution >= 0.6 is 0 Å². The Morgan fingerprint density at radius 3 is 2.71 bits per heavy atom. The molecular weight excluding hydrogens is 274 g/mol. The van der Waals surface area contributed by atoms with Gasteiger partial charge in [-0.2, -0.15) is 5.10 Å². The van der Waals surface area contributed by atoms with Crippen molar-refractivity contribution in [2.24, 2.45) is 0 Å². The first-order chi connectivity index (χ1) is 10.2. The van der Waals surface area contributed by atoms with Crippen LogP contribution in [0.5, 0.6) is 0 Å². The summed E-state index contributed by atoms with van der Waals surface area (Å²) < 4.78 is 6.79. The second-order valence-electron chi connectivity index (χ2n) is 4.24. The van der Waals surface area contributed by atoms with Crippen molar-refractivity contribution in [2.75, 3.05) is 0 Å². The molecule has 0 bridgehead atoms. The second-order valence-corrected chi connectivity index (χ2v) is 4.24. The average molecular weight is 283 g/mol. The van der Waals surface area contributed by atoms with Crippen LogP contribution in [0.4, 0.5) is 5.69 Å². The molecule has 0 unspecified atom stereocenters. The highest BCUT2D eigenvalue weighted by Crippen LogP contribution is 2.28. The standard InChI is InChI=1S/C14H9N3O4/c18-9-11-5-6-14(21-11)12-3-1-2-4-13(12)16-8-10(7-15-16)17(19)20/h1-9H. The summed E-state index contributed by atoms with van der Waals surface area (Å²) >= 11 is 0. The third-order valence-corrected chi connectivity index (χ3v) is 2.94. The van der Waals surface area contributed by atoms with Gasteiger partial charge < -0.3 is 4.42 Å². The zero-order chi connectivity index (χ0) is 14.8. The number of nitrogens with zero attached hydrogens (tertiary/aromatic N) is 3. The Morgan fingerprint density at radius 2 is 2.05 bits per heavy atom. The first kappa shape index (κ1) is 12.8. The van der Waals surface area contributed by atoms with Gasteiger partial charge in [-0.25, -0.2) is 4.68 Å². The Morgan fingerprint density at radius 1 is 1.24 bits per heavy atom. The highest BCUT2D eigenvalue weighted by molar-refractivity contribution is 5.75. The molecule has 0 fully saturated rings. The third kappa shape index (κ3) is 2.32. The fourth-order valence-electron chi connectivity index (χ4n) is 1.98. The van der Waals surface area contributed by atoms with Gasteiger partial charge in [0.2, 0.25) is 0 Å². The van der Waals surface area contributed by atoms with Crippen molar-refractivity contribution in [1.29, 1.82) is 0 Å². The predicted octanol–water partition coefficient (Wildman–Crippen LogP) is 2.85. The van der Waals surface area contributed by atoms with E-state index in [1.807, 2.05) is 0 Å². The van der Waals surface area contributed by atoms with Crippen molar-refractivity contribution < 1.29 is 14.1 Å². The fraction of sp³-hybridized carbons (Fsp3) is 0. The maximum absolute atomic E-state index is 10.7. The SMILES string of the molecule is O=Cc1ccc(-c2ccccc2-n2cc([N+](=O)[O-])cn2)o1. The molecule has 104 valence electrons. The Hall–Kier alpha value is -3.22. The summed E-state index contributed by atoms with van der Waals surface area (Å²) in [6.07, 6.45) is 3.11. The Kier molecular flexibility index (Phi) is 3.07. The number of hydrogen-bond donors (Lipinski definition) is 0. The lowest BCUT2D eigenvalue weighted by Gasteiger charge is -2.06. The van der Waals surface area contributed by atoms with Crippen molar-refractivity contribution in [3.8, 4) is 17.0 Å². The number of aromatic nitrogens is 2. The van der Waals surface area contributed by atoms with Crippen molar-refractivity contribution in [3.63, 3.8) is 0 Å². The number of carbonyl (C=O) groups is 1. The highest BCUT2D eigenvalue weighted by atomic mass is 16.6. The van der Waals surface area contributed by atoms with Crippen LogP contribution in [0, 0.1) is 10.1 Å². The van der Waals surface area contributed by atoms with Crippen molar-refractivity contribution in [2.45, 2.75) is 0 Å². The first-order valence-corrected chi connectivity index (χ1v) is 6.03. The first-order valence-electron chi connectivity index (χ1n) is 6.03. The zero-order valence-corrected chi connectivity index (χ0v) is 10.7. The molecule has 2 aromatic heterocycles. The van der Waals surface area contributed by atoms with Crippen LogP contribution in [0.2, 0.25) is 0 Å². The molecule has 7 heteroatoms. The summed E-state index contributed by atoms with van der Waals surface area (Å²) in [6.45, 7) is 0. The van der Waals surface area contributed by atoms with E-state index in [1.165, 1.54) is 17.1 Å². The van der Waals surface area contributed by atoms with E-state index in [9.17, 15) is 14.9 Å². The Bertz CT molecular complexity index is 819. The number of nitro groups is 1. The molecule has 0 aliphatic heterocycles. The molecule has 21 heavy (non-hydrogen) atoms. The third-order valence-electron chi connectivity index (χ3n) is 2.94. The summed E-state index contributed by atoms with van der Waals surface area (Å²) in [5.74, 6) is 0.706. The van der Waals surface area contributed by atoms with Crippen LogP contribution < -0.4 is 0 Å².